The van der Waals surface area contributed by atoms with Crippen LogP contribution in [0.15, 0.2) is 0 Å². The van der Waals surface area contributed by atoms with Gasteiger partial charge in [0.2, 0.25) is 0 Å². The lowest BCUT2D eigenvalue weighted by Gasteiger charge is -2.52. The third kappa shape index (κ3) is 2.57. The summed E-state index contributed by atoms with van der Waals surface area (Å²) in [6, 6.07) is 0.833. The van der Waals surface area contributed by atoms with Crippen LogP contribution >= 0.6 is 0 Å². The van der Waals surface area contributed by atoms with Crippen LogP contribution in [0.25, 0.3) is 0 Å². The summed E-state index contributed by atoms with van der Waals surface area (Å²) in [5.41, 5.74) is 6.61. The molecular formula is C16H31N3. The first-order valence-corrected chi connectivity index (χ1v) is 8.46. The van der Waals surface area contributed by atoms with Gasteiger partial charge in [-0.2, -0.15) is 0 Å². The summed E-state index contributed by atoms with van der Waals surface area (Å²) in [6.45, 7) is 8.44. The summed E-state index contributed by atoms with van der Waals surface area (Å²) in [7, 11) is 0. The van der Waals surface area contributed by atoms with E-state index < -0.39 is 0 Å². The van der Waals surface area contributed by atoms with E-state index in [4.69, 9.17) is 5.73 Å². The fraction of sp³-hybridized carbons (Fsp3) is 1.00. The number of hydrogen-bond donors (Lipinski definition) is 1. The molecule has 0 aromatic carbocycles. The van der Waals surface area contributed by atoms with Gasteiger partial charge >= 0.3 is 0 Å². The molecule has 19 heavy (non-hydrogen) atoms. The van der Waals surface area contributed by atoms with E-state index in [0.717, 1.165) is 18.5 Å². The van der Waals surface area contributed by atoms with Gasteiger partial charge in [0, 0.05) is 31.2 Å². The second kappa shape index (κ2) is 5.71. The maximum absolute atomic E-state index is 6.28. The van der Waals surface area contributed by atoms with E-state index in [1.165, 1.54) is 71.1 Å². The van der Waals surface area contributed by atoms with E-state index in [2.05, 4.69) is 16.7 Å². The number of likely N-dealkylation sites (tertiary alicyclic amines) is 1. The molecule has 0 spiro atoms. The Labute approximate surface area is 118 Å². The molecule has 0 aromatic rings. The molecule has 3 heteroatoms. The molecule has 3 nitrogen and oxygen atoms in total. The number of nitrogens with two attached hydrogens (primary N) is 1. The van der Waals surface area contributed by atoms with Crippen LogP contribution in [0.5, 0.6) is 0 Å². The highest BCUT2D eigenvalue weighted by atomic mass is 15.3. The van der Waals surface area contributed by atoms with E-state index in [1.807, 2.05) is 0 Å². The zero-order valence-corrected chi connectivity index (χ0v) is 12.6. The SMILES string of the molecule is CCC1CCCN(C2(CN)CCN3CCCC3C2)C1. The van der Waals surface area contributed by atoms with Gasteiger partial charge in [-0.3, -0.25) is 4.90 Å². The van der Waals surface area contributed by atoms with Gasteiger partial charge in [-0.25, -0.2) is 0 Å². The maximum atomic E-state index is 6.28. The van der Waals surface area contributed by atoms with E-state index in [1.54, 1.807) is 0 Å². The van der Waals surface area contributed by atoms with E-state index in [9.17, 15) is 0 Å². The molecule has 3 heterocycles. The smallest absolute Gasteiger partial charge is 0.0358 e. The summed E-state index contributed by atoms with van der Waals surface area (Å²) in [5, 5.41) is 0. The van der Waals surface area contributed by atoms with Crippen molar-refractivity contribution in [1.82, 2.24) is 9.80 Å². The Morgan fingerprint density at radius 2 is 2.00 bits per heavy atom. The van der Waals surface area contributed by atoms with E-state index in [0.29, 0.717) is 5.54 Å². The van der Waals surface area contributed by atoms with Gasteiger partial charge in [-0.05, 0) is 57.5 Å². The zero-order chi connectivity index (χ0) is 13.3. The van der Waals surface area contributed by atoms with Gasteiger partial charge in [0.05, 0.1) is 0 Å². The van der Waals surface area contributed by atoms with Crippen LogP contribution in [-0.4, -0.2) is 54.1 Å². The predicted molar refractivity (Wildman–Crippen MR) is 80.2 cm³/mol. The number of nitrogens with zero attached hydrogens (tertiary/aromatic N) is 2. The highest BCUT2D eigenvalue weighted by molar-refractivity contribution is 5.02. The summed E-state index contributed by atoms with van der Waals surface area (Å²) in [6.07, 6.45) is 9.61. The molecule has 0 radical (unpaired) electrons. The first kappa shape index (κ1) is 13.8. The minimum Gasteiger partial charge on any atom is -0.329 e. The summed E-state index contributed by atoms with van der Waals surface area (Å²) < 4.78 is 0. The molecule has 0 amide bonds. The molecule has 3 aliphatic heterocycles. The molecular weight excluding hydrogens is 234 g/mol. The second-order valence-corrected chi connectivity index (χ2v) is 7.08. The molecule has 0 aromatic heterocycles. The van der Waals surface area contributed by atoms with Crippen molar-refractivity contribution < 1.29 is 0 Å². The Morgan fingerprint density at radius 1 is 1.16 bits per heavy atom. The van der Waals surface area contributed by atoms with Crippen molar-refractivity contribution in [3.05, 3.63) is 0 Å². The number of rotatable bonds is 3. The van der Waals surface area contributed by atoms with Crippen molar-refractivity contribution in [3.8, 4) is 0 Å². The summed E-state index contributed by atoms with van der Waals surface area (Å²) in [5.74, 6) is 0.916. The first-order valence-electron chi connectivity index (χ1n) is 8.46. The van der Waals surface area contributed by atoms with Crippen molar-refractivity contribution in [3.63, 3.8) is 0 Å². The minimum atomic E-state index is 0.333. The van der Waals surface area contributed by atoms with Gasteiger partial charge in [0.15, 0.2) is 0 Å². The Balaban J connectivity index is 1.71. The van der Waals surface area contributed by atoms with Crippen LogP contribution in [0.2, 0.25) is 0 Å². The van der Waals surface area contributed by atoms with Gasteiger partial charge in [0.1, 0.15) is 0 Å². The Bertz CT molecular complexity index is 306. The lowest BCUT2D eigenvalue weighted by molar-refractivity contribution is -0.0142. The van der Waals surface area contributed by atoms with E-state index in [-0.39, 0.29) is 0 Å². The Kier molecular flexibility index (Phi) is 4.16. The van der Waals surface area contributed by atoms with Crippen molar-refractivity contribution in [2.24, 2.45) is 11.7 Å². The quantitative estimate of drug-likeness (QED) is 0.848. The molecule has 0 bridgehead atoms. The van der Waals surface area contributed by atoms with Gasteiger partial charge in [0.25, 0.3) is 0 Å². The van der Waals surface area contributed by atoms with Crippen LogP contribution in [0.3, 0.4) is 0 Å². The second-order valence-electron chi connectivity index (χ2n) is 7.08. The maximum Gasteiger partial charge on any atom is 0.0358 e. The first-order chi connectivity index (χ1) is 9.27. The van der Waals surface area contributed by atoms with Gasteiger partial charge < -0.3 is 10.6 Å². The van der Waals surface area contributed by atoms with Gasteiger partial charge in [-0.15, -0.1) is 0 Å². The zero-order valence-electron chi connectivity index (χ0n) is 12.6. The molecule has 3 fully saturated rings. The predicted octanol–water partition coefficient (Wildman–Crippen LogP) is 2.06. The van der Waals surface area contributed by atoms with Crippen LogP contribution in [-0.2, 0) is 0 Å². The molecule has 3 saturated heterocycles. The van der Waals surface area contributed by atoms with Crippen molar-refractivity contribution in [2.45, 2.75) is 63.5 Å². The molecule has 3 aliphatic rings. The molecule has 3 atom stereocenters. The van der Waals surface area contributed by atoms with Crippen molar-refractivity contribution >= 4 is 0 Å². The minimum absolute atomic E-state index is 0.333. The Morgan fingerprint density at radius 3 is 2.79 bits per heavy atom. The molecule has 110 valence electrons. The van der Waals surface area contributed by atoms with Crippen LogP contribution in [0, 0.1) is 5.92 Å². The summed E-state index contributed by atoms with van der Waals surface area (Å²) >= 11 is 0. The summed E-state index contributed by atoms with van der Waals surface area (Å²) in [4.78, 5) is 5.51. The molecule has 0 saturated carbocycles. The lowest BCUT2D eigenvalue weighted by Crippen LogP contribution is -2.62. The molecule has 3 unspecified atom stereocenters. The van der Waals surface area contributed by atoms with Crippen molar-refractivity contribution in [1.29, 1.82) is 0 Å². The van der Waals surface area contributed by atoms with E-state index >= 15 is 0 Å². The third-order valence-corrected chi connectivity index (χ3v) is 6.13. The highest BCUT2D eigenvalue weighted by Gasteiger charge is 2.45. The largest absolute Gasteiger partial charge is 0.329 e. The molecule has 3 rings (SSSR count). The average molecular weight is 265 g/mol. The lowest BCUT2D eigenvalue weighted by atomic mass is 9.79. The topological polar surface area (TPSA) is 32.5 Å². The fourth-order valence-electron chi connectivity index (χ4n) is 4.74. The third-order valence-electron chi connectivity index (χ3n) is 6.13. The van der Waals surface area contributed by atoms with Crippen LogP contribution in [0.1, 0.15) is 51.9 Å². The normalized spacial score (nSPS) is 41.4. The number of piperidine rings is 2. The molecule has 0 aliphatic carbocycles. The van der Waals surface area contributed by atoms with Crippen molar-refractivity contribution in [2.75, 3.05) is 32.7 Å². The monoisotopic (exact) mass is 265 g/mol. The van der Waals surface area contributed by atoms with Gasteiger partial charge in [-0.1, -0.05) is 13.3 Å². The standard InChI is InChI=1S/C16H31N3/c1-2-14-5-3-9-19(12-14)16(13-17)7-10-18-8-4-6-15(18)11-16/h14-15H,2-13,17H2,1H3. The van der Waals surface area contributed by atoms with Crippen LogP contribution < -0.4 is 5.73 Å². The number of hydrogen-bond acceptors (Lipinski definition) is 3. The fourth-order valence-corrected chi connectivity index (χ4v) is 4.74. The van der Waals surface area contributed by atoms with Crippen LogP contribution in [0.4, 0.5) is 0 Å². The molecule has 2 N–H and O–H groups in total. The average Bonchev–Trinajstić information content (AvgIpc) is 2.94. The Hall–Kier alpha value is -0.120. The number of fused-ring (bicyclic) bond motifs is 1. The highest BCUT2D eigenvalue weighted by Crippen LogP contribution is 2.38.